The van der Waals surface area contributed by atoms with E-state index in [1.807, 2.05) is 0 Å². The number of aromatic carboxylic acids is 1. The van der Waals surface area contributed by atoms with Crippen LogP contribution in [0.3, 0.4) is 0 Å². The Labute approximate surface area is 134 Å². The van der Waals surface area contributed by atoms with Crippen LogP contribution in [-0.2, 0) is 6.61 Å². The van der Waals surface area contributed by atoms with Crippen molar-refractivity contribution in [2.45, 2.75) is 6.61 Å². The van der Waals surface area contributed by atoms with Crippen molar-refractivity contribution in [1.82, 2.24) is 4.73 Å². The molecule has 1 aromatic heterocycles. The van der Waals surface area contributed by atoms with E-state index in [1.54, 1.807) is 6.07 Å². The van der Waals surface area contributed by atoms with E-state index in [0.29, 0.717) is 15.6 Å². The van der Waals surface area contributed by atoms with Gasteiger partial charge in [0.2, 0.25) is 0 Å². The molecule has 0 saturated carbocycles. The average Bonchev–Trinajstić information content (AvgIpc) is 2.44. The Bertz CT molecular complexity index is 758. The number of pyridine rings is 1. The molecular formula is C13H8Cl3NO4. The number of hydrogen-bond donors (Lipinski definition) is 1. The highest BCUT2D eigenvalue weighted by Crippen LogP contribution is 2.31. The molecule has 2 aromatic rings. The Hall–Kier alpha value is -1.69. The molecule has 0 fully saturated rings. The van der Waals surface area contributed by atoms with Gasteiger partial charge in [-0.1, -0.05) is 34.8 Å². The first-order valence-corrected chi connectivity index (χ1v) is 6.76. The van der Waals surface area contributed by atoms with Crippen molar-refractivity contribution in [2.75, 3.05) is 0 Å². The van der Waals surface area contributed by atoms with E-state index in [0.717, 1.165) is 4.73 Å². The van der Waals surface area contributed by atoms with E-state index in [4.69, 9.17) is 44.7 Å². The van der Waals surface area contributed by atoms with Crippen LogP contribution in [0.5, 0.6) is 0 Å². The molecule has 0 bridgehead atoms. The number of carbonyl (C=O) groups is 1. The zero-order valence-corrected chi connectivity index (χ0v) is 12.6. The summed E-state index contributed by atoms with van der Waals surface area (Å²) in [6, 6.07) is 5.65. The first-order valence-electron chi connectivity index (χ1n) is 5.62. The van der Waals surface area contributed by atoms with Crippen LogP contribution in [0, 0.1) is 0 Å². The minimum atomic E-state index is -1.34. The second kappa shape index (κ2) is 6.39. The molecule has 0 aliphatic heterocycles. The van der Waals surface area contributed by atoms with E-state index in [9.17, 15) is 9.59 Å². The number of hydrogen-bond acceptors (Lipinski definition) is 3. The van der Waals surface area contributed by atoms with Crippen molar-refractivity contribution in [3.8, 4) is 0 Å². The normalized spacial score (nSPS) is 10.4. The van der Waals surface area contributed by atoms with Gasteiger partial charge in [-0.3, -0.25) is 4.79 Å². The van der Waals surface area contributed by atoms with Crippen LogP contribution >= 0.6 is 34.8 Å². The highest BCUT2D eigenvalue weighted by Gasteiger charge is 2.13. The molecule has 0 spiro atoms. The van der Waals surface area contributed by atoms with Crippen molar-refractivity contribution in [2.24, 2.45) is 0 Å². The van der Waals surface area contributed by atoms with Crippen molar-refractivity contribution in [3.63, 3.8) is 0 Å². The summed E-state index contributed by atoms with van der Waals surface area (Å²) < 4.78 is 0.803. The van der Waals surface area contributed by atoms with Crippen molar-refractivity contribution >= 4 is 40.8 Å². The number of benzene rings is 1. The van der Waals surface area contributed by atoms with Gasteiger partial charge in [0.25, 0.3) is 5.56 Å². The van der Waals surface area contributed by atoms with Gasteiger partial charge in [-0.15, -0.1) is 0 Å². The lowest BCUT2D eigenvalue weighted by molar-refractivity contribution is 0.0668. The summed E-state index contributed by atoms with van der Waals surface area (Å²) >= 11 is 17.9. The fourth-order valence-corrected chi connectivity index (χ4v) is 2.23. The Kier molecular flexibility index (Phi) is 4.77. The Balaban J connectivity index is 2.30. The molecular weight excluding hydrogens is 341 g/mol. The lowest BCUT2D eigenvalue weighted by atomic mass is 10.2. The zero-order valence-electron chi connectivity index (χ0n) is 10.3. The Morgan fingerprint density at radius 3 is 2.52 bits per heavy atom. The quantitative estimate of drug-likeness (QED) is 0.862. The summed E-state index contributed by atoms with van der Waals surface area (Å²) in [4.78, 5) is 27.9. The molecule has 110 valence electrons. The van der Waals surface area contributed by atoms with Crippen molar-refractivity contribution in [1.29, 1.82) is 0 Å². The first-order chi connectivity index (χ1) is 9.91. The van der Waals surface area contributed by atoms with Crippen LogP contribution in [0.15, 0.2) is 35.3 Å². The van der Waals surface area contributed by atoms with Crippen molar-refractivity contribution < 1.29 is 14.7 Å². The summed E-state index contributed by atoms with van der Waals surface area (Å²) in [7, 11) is 0. The number of aromatic nitrogens is 1. The second-order valence-electron chi connectivity index (χ2n) is 3.95. The third-order valence-electron chi connectivity index (χ3n) is 2.63. The number of carboxylic acid groups (broad SMARTS) is 1. The van der Waals surface area contributed by atoms with Gasteiger partial charge in [-0.25, -0.2) is 4.79 Å². The molecule has 0 atom stereocenters. The molecule has 0 aliphatic rings. The molecule has 1 N–H and O–H groups in total. The Morgan fingerprint density at radius 2 is 1.86 bits per heavy atom. The molecule has 0 amide bonds. The van der Waals surface area contributed by atoms with E-state index in [2.05, 4.69) is 0 Å². The van der Waals surface area contributed by atoms with E-state index in [1.165, 1.54) is 24.4 Å². The van der Waals surface area contributed by atoms with E-state index in [-0.39, 0.29) is 11.6 Å². The molecule has 0 radical (unpaired) electrons. The third kappa shape index (κ3) is 3.32. The smallest absolute Gasteiger partial charge is 0.341 e. The number of rotatable bonds is 4. The summed E-state index contributed by atoms with van der Waals surface area (Å²) in [6.45, 7) is -0.138. The minimum absolute atomic E-state index is 0.138. The van der Waals surface area contributed by atoms with Gasteiger partial charge >= 0.3 is 5.97 Å². The molecule has 2 rings (SSSR count). The SMILES string of the molecule is O=C(O)c1cccn(OCc2c(Cl)ccc(Cl)c2Cl)c1=O. The summed E-state index contributed by atoms with van der Waals surface area (Å²) in [5, 5.41) is 9.71. The van der Waals surface area contributed by atoms with Gasteiger partial charge in [0.05, 0.1) is 10.0 Å². The zero-order chi connectivity index (χ0) is 15.6. The lowest BCUT2D eigenvalue weighted by Crippen LogP contribution is -2.30. The van der Waals surface area contributed by atoms with Crippen LogP contribution in [0.1, 0.15) is 15.9 Å². The summed E-state index contributed by atoms with van der Waals surface area (Å²) in [6.07, 6.45) is 1.29. The predicted octanol–water partition coefficient (Wildman–Crippen LogP) is 3.14. The topological polar surface area (TPSA) is 68.5 Å². The fraction of sp³-hybridized carbons (Fsp3) is 0.0769. The van der Waals surface area contributed by atoms with Gasteiger partial charge in [0, 0.05) is 16.8 Å². The van der Waals surface area contributed by atoms with Gasteiger partial charge in [0.1, 0.15) is 12.2 Å². The lowest BCUT2D eigenvalue weighted by Gasteiger charge is -2.11. The average molecular weight is 349 g/mol. The highest BCUT2D eigenvalue weighted by atomic mass is 35.5. The van der Waals surface area contributed by atoms with Gasteiger partial charge in [-0.05, 0) is 24.3 Å². The van der Waals surface area contributed by atoms with E-state index < -0.39 is 17.1 Å². The van der Waals surface area contributed by atoms with E-state index >= 15 is 0 Å². The second-order valence-corrected chi connectivity index (χ2v) is 5.15. The van der Waals surface area contributed by atoms with Gasteiger partial charge in [-0.2, -0.15) is 4.73 Å². The molecule has 21 heavy (non-hydrogen) atoms. The summed E-state index contributed by atoms with van der Waals surface area (Å²) in [5.74, 6) is -1.34. The molecule has 0 saturated heterocycles. The molecule has 1 heterocycles. The maximum atomic E-state index is 11.8. The van der Waals surface area contributed by atoms with Crippen LogP contribution in [0.4, 0.5) is 0 Å². The molecule has 1 aromatic carbocycles. The van der Waals surface area contributed by atoms with Gasteiger partial charge in [0.15, 0.2) is 0 Å². The highest BCUT2D eigenvalue weighted by molar-refractivity contribution is 6.44. The first kappa shape index (κ1) is 15.7. The molecule has 5 nitrogen and oxygen atoms in total. The van der Waals surface area contributed by atoms with Gasteiger partial charge < -0.3 is 9.94 Å². The maximum Gasteiger partial charge on any atom is 0.341 e. The monoisotopic (exact) mass is 347 g/mol. The van der Waals surface area contributed by atoms with Crippen LogP contribution in [0.2, 0.25) is 15.1 Å². The van der Waals surface area contributed by atoms with Crippen LogP contribution in [0.25, 0.3) is 0 Å². The van der Waals surface area contributed by atoms with Crippen molar-refractivity contribution in [3.05, 3.63) is 67.0 Å². The number of carboxylic acids is 1. The predicted molar refractivity (Wildman–Crippen MR) is 79.4 cm³/mol. The molecule has 8 heteroatoms. The maximum absolute atomic E-state index is 11.8. The van der Waals surface area contributed by atoms with Crippen LogP contribution in [-0.4, -0.2) is 15.8 Å². The molecule has 0 unspecified atom stereocenters. The third-order valence-corrected chi connectivity index (χ3v) is 3.83. The largest absolute Gasteiger partial charge is 0.477 e. The fourth-order valence-electron chi connectivity index (χ4n) is 1.58. The Morgan fingerprint density at radius 1 is 1.19 bits per heavy atom. The minimum Gasteiger partial charge on any atom is -0.477 e. The summed E-state index contributed by atoms with van der Waals surface area (Å²) in [5.41, 5.74) is -0.793. The number of nitrogens with zero attached hydrogens (tertiary/aromatic N) is 1. The standard InChI is InChI=1S/C13H8Cl3NO4/c14-9-3-4-10(15)11(16)8(9)6-21-17-5-1-2-7(12(17)18)13(19)20/h1-5H,6H2,(H,19,20). The molecule has 0 aliphatic carbocycles. The number of halogens is 3. The van der Waals surface area contributed by atoms with Crippen LogP contribution < -0.4 is 10.4 Å².